The molecule has 1 fully saturated rings. The van der Waals surface area contributed by atoms with Gasteiger partial charge in [-0.15, -0.1) is 11.3 Å². The summed E-state index contributed by atoms with van der Waals surface area (Å²) in [5, 5.41) is 3.58. The molecule has 0 unspecified atom stereocenters. The first-order valence-electron chi connectivity index (χ1n) is 13.7. The number of aromatic nitrogens is 1. The maximum Gasteiger partial charge on any atom is 0.230 e. The number of carbonyl (C=O) groups excluding carboxylic acids is 2. The molecule has 38 heavy (non-hydrogen) atoms. The molecule has 0 saturated heterocycles. The summed E-state index contributed by atoms with van der Waals surface area (Å²) in [7, 11) is 0. The summed E-state index contributed by atoms with van der Waals surface area (Å²) in [6.45, 7) is 10.1. The van der Waals surface area contributed by atoms with Gasteiger partial charge >= 0.3 is 0 Å². The lowest BCUT2D eigenvalue weighted by Crippen LogP contribution is -2.30. The number of thiazole rings is 1. The lowest BCUT2D eigenvalue weighted by Gasteiger charge is -2.22. The number of carbonyl (C=O) groups is 2. The molecule has 5 rings (SSSR count). The Bertz CT molecular complexity index is 1340. The third kappa shape index (κ3) is 6.09. The van der Waals surface area contributed by atoms with E-state index in [1.165, 1.54) is 16.9 Å². The van der Waals surface area contributed by atoms with Crippen LogP contribution in [0.2, 0.25) is 0 Å². The first-order chi connectivity index (χ1) is 18.2. The van der Waals surface area contributed by atoms with Gasteiger partial charge in [0.25, 0.3) is 0 Å². The van der Waals surface area contributed by atoms with E-state index in [1.54, 1.807) is 0 Å². The molecule has 200 valence electrons. The zero-order valence-corrected chi connectivity index (χ0v) is 23.6. The number of ether oxygens (including phenoxy) is 1. The molecule has 0 bridgehead atoms. The molecule has 6 nitrogen and oxygen atoms in total. The quantitative estimate of drug-likeness (QED) is 0.312. The lowest BCUT2D eigenvalue weighted by molar-refractivity contribution is -0.119. The zero-order chi connectivity index (χ0) is 26.9. The number of benzene rings is 2. The van der Waals surface area contributed by atoms with Crippen LogP contribution in [0.25, 0.3) is 11.3 Å². The largest absolute Gasteiger partial charge is 0.494 e. The summed E-state index contributed by atoms with van der Waals surface area (Å²) in [5.41, 5.74) is 5.30. The van der Waals surface area contributed by atoms with E-state index >= 15 is 0 Å². The fourth-order valence-electron chi connectivity index (χ4n) is 4.76. The van der Waals surface area contributed by atoms with Gasteiger partial charge in [0, 0.05) is 28.6 Å². The van der Waals surface area contributed by atoms with E-state index in [2.05, 4.69) is 32.2 Å². The van der Waals surface area contributed by atoms with Crippen LogP contribution in [0.5, 0.6) is 5.75 Å². The number of amides is 2. The molecule has 1 N–H and O–H groups in total. The molecule has 1 aliphatic carbocycles. The van der Waals surface area contributed by atoms with E-state index in [-0.39, 0.29) is 29.6 Å². The number of anilines is 2. The normalized spacial score (nSPS) is 14.9. The number of hydrogen-bond acceptors (Lipinski definition) is 5. The van der Waals surface area contributed by atoms with Gasteiger partial charge in [0.15, 0.2) is 5.13 Å². The Kier molecular flexibility index (Phi) is 7.57. The molecule has 2 amide bonds. The highest BCUT2D eigenvalue weighted by Gasteiger charge is 2.36. The Labute approximate surface area is 229 Å². The monoisotopic (exact) mass is 531 g/mol. The Morgan fingerprint density at radius 1 is 1.18 bits per heavy atom. The molecule has 1 saturated carbocycles. The smallest absolute Gasteiger partial charge is 0.230 e. The van der Waals surface area contributed by atoms with Gasteiger partial charge in [0.2, 0.25) is 11.8 Å². The van der Waals surface area contributed by atoms with Crippen molar-refractivity contribution in [3.63, 3.8) is 0 Å². The number of fused-ring (bicyclic) bond motifs is 1. The summed E-state index contributed by atoms with van der Waals surface area (Å²) in [5.74, 6) is 1.19. The molecule has 2 heterocycles. The molecule has 1 aromatic heterocycles. The van der Waals surface area contributed by atoms with Crippen LogP contribution in [0.15, 0.2) is 42.5 Å². The maximum atomic E-state index is 12.8. The van der Waals surface area contributed by atoms with Crippen LogP contribution in [0.1, 0.15) is 62.5 Å². The molecule has 3 aromatic rings. The summed E-state index contributed by atoms with van der Waals surface area (Å²) in [4.78, 5) is 33.2. The molecular formula is C31H37N3O3S. The van der Waals surface area contributed by atoms with Crippen molar-refractivity contribution >= 4 is 34.0 Å². The highest BCUT2D eigenvalue weighted by atomic mass is 32.1. The first-order valence-corrected chi connectivity index (χ1v) is 14.5. The average Bonchev–Trinajstić information content (AvgIpc) is 3.56. The minimum Gasteiger partial charge on any atom is -0.494 e. The molecule has 2 aliphatic rings. The maximum absolute atomic E-state index is 12.8. The van der Waals surface area contributed by atoms with E-state index in [9.17, 15) is 9.59 Å². The molecular weight excluding hydrogens is 494 g/mol. The Morgan fingerprint density at radius 3 is 2.76 bits per heavy atom. The van der Waals surface area contributed by atoms with Crippen LogP contribution < -0.4 is 15.0 Å². The Balaban J connectivity index is 1.20. The number of nitrogens with zero attached hydrogens (tertiary/aromatic N) is 2. The highest BCUT2D eigenvalue weighted by molar-refractivity contribution is 7.16. The van der Waals surface area contributed by atoms with Crippen molar-refractivity contribution in [2.24, 2.45) is 11.3 Å². The predicted octanol–water partition coefficient (Wildman–Crippen LogP) is 6.80. The SMILES string of the molecule is CCC(C)(C)CCOc1cccc(CC(=O)Nc2nc(-c3ccc4c(c3)CCN4C(=O)C3CC3)c(C)s2)c1. The van der Waals surface area contributed by atoms with Crippen LogP contribution >= 0.6 is 11.3 Å². The number of nitrogens with one attached hydrogen (secondary N) is 1. The molecule has 0 spiro atoms. The van der Waals surface area contributed by atoms with Crippen LogP contribution in [0, 0.1) is 18.3 Å². The summed E-state index contributed by atoms with van der Waals surface area (Å²) in [6.07, 6.45) is 5.27. The van der Waals surface area contributed by atoms with Crippen LogP contribution in [0.4, 0.5) is 10.8 Å². The summed E-state index contributed by atoms with van der Waals surface area (Å²) < 4.78 is 5.95. The van der Waals surface area contributed by atoms with Gasteiger partial charge in [-0.25, -0.2) is 4.98 Å². The number of aryl methyl sites for hydroxylation is 1. The van der Waals surface area contributed by atoms with Gasteiger partial charge in [0.1, 0.15) is 5.75 Å². The van der Waals surface area contributed by atoms with Gasteiger partial charge in [-0.1, -0.05) is 45.4 Å². The van der Waals surface area contributed by atoms with Crippen LogP contribution in [-0.2, 0) is 22.4 Å². The van der Waals surface area contributed by atoms with Crippen molar-refractivity contribution in [1.29, 1.82) is 0 Å². The van der Waals surface area contributed by atoms with E-state index in [4.69, 9.17) is 9.72 Å². The van der Waals surface area contributed by atoms with E-state index in [1.807, 2.05) is 48.2 Å². The molecule has 2 aromatic carbocycles. The second-order valence-corrected chi connectivity index (χ2v) is 12.5. The van der Waals surface area contributed by atoms with Crippen molar-refractivity contribution in [1.82, 2.24) is 4.98 Å². The van der Waals surface area contributed by atoms with Crippen molar-refractivity contribution in [3.8, 4) is 17.0 Å². The Hall–Kier alpha value is -3.19. The van der Waals surface area contributed by atoms with Crippen molar-refractivity contribution in [2.45, 2.75) is 66.2 Å². The zero-order valence-electron chi connectivity index (χ0n) is 22.8. The topological polar surface area (TPSA) is 71.5 Å². The van der Waals surface area contributed by atoms with Gasteiger partial charge in [0.05, 0.1) is 18.7 Å². The van der Waals surface area contributed by atoms with E-state index in [0.29, 0.717) is 11.7 Å². The third-order valence-corrected chi connectivity index (χ3v) is 8.64. The van der Waals surface area contributed by atoms with Gasteiger partial charge in [-0.3, -0.25) is 9.59 Å². The van der Waals surface area contributed by atoms with Gasteiger partial charge < -0.3 is 15.0 Å². The Morgan fingerprint density at radius 2 is 2.00 bits per heavy atom. The summed E-state index contributed by atoms with van der Waals surface area (Å²) in [6, 6.07) is 14.0. The second kappa shape index (κ2) is 10.9. The van der Waals surface area contributed by atoms with Gasteiger partial charge in [-0.05, 0) is 73.4 Å². The number of hydrogen-bond donors (Lipinski definition) is 1. The molecule has 0 atom stereocenters. The van der Waals surface area contributed by atoms with Crippen molar-refractivity contribution < 1.29 is 14.3 Å². The van der Waals surface area contributed by atoms with Crippen molar-refractivity contribution in [2.75, 3.05) is 23.4 Å². The van der Waals surface area contributed by atoms with Crippen LogP contribution in [0.3, 0.4) is 0 Å². The first kappa shape index (κ1) is 26.4. The highest BCUT2D eigenvalue weighted by Crippen LogP contribution is 2.39. The molecule has 0 radical (unpaired) electrons. The van der Waals surface area contributed by atoms with E-state index < -0.39 is 0 Å². The average molecular weight is 532 g/mol. The van der Waals surface area contributed by atoms with E-state index in [0.717, 1.165) is 71.8 Å². The number of rotatable bonds is 10. The standard InChI is InChI=1S/C31H37N3O3S/c1-5-31(3,4)14-16-37-25-8-6-7-21(17-25)18-27(35)32-30-33-28(20(2)38-30)24-11-12-26-23(19-24)13-15-34(26)29(36)22-9-10-22/h6-8,11-12,17,19,22H,5,9-10,13-16,18H2,1-4H3,(H,32,33,35). The predicted molar refractivity (Wildman–Crippen MR) is 154 cm³/mol. The second-order valence-electron chi connectivity index (χ2n) is 11.3. The third-order valence-electron chi connectivity index (χ3n) is 7.75. The molecule has 7 heteroatoms. The fraction of sp³-hybridized carbons (Fsp3) is 0.452. The summed E-state index contributed by atoms with van der Waals surface area (Å²) >= 11 is 1.49. The van der Waals surface area contributed by atoms with Crippen molar-refractivity contribution in [3.05, 3.63) is 58.5 Å². The minimum absolute atomic E-state index is 0.0993. The minimum atomic E-state index is -0.0993. The van der Waals surface area contributed by atoms with Gasteiger partial charge in [-0.2, -0.15) is 0 Å². The lowest BCUT2D eigenvalue weighted by atomic mass is 9.87. The fourth-order valence-corrected chi connectivity index (χ4v) is 5.61. The van der Waals surface area contributed by atoms with Crippen LogP contribution in [-0.4, -0.2) is 29.9 Å². The molecule has 1 aliphatic heterocycles.